The Morgan fingerprint density at radius 1 is 1.16 bits per heavy atom. The SMILES string of the molecule is C[C@H]1[C@@H](CCCC(=O)O)O[C@@H]2O[C@]3(C)CC[C@H]4[C@H](C)CC[C@@H]1[C@@]24OO3. The van der Waals surface area contributed by atoms with Gasteiger partial charge in [-0.3, -0.25) is 4.79 Å². The van der Waals surface area contributed by atoms with Crippen LogP contribution in [0.3, 0.4) is 0 Å². The monoisotopic (exact) mass is 354 g/mol. The van der Waals surface area contributed by atoms with Crippen LogP contribution in [0.2, 0.25) is 0 Å². The largest absolute Gasteiger partial charge is 0.481 e. The van der Waals surface area contributed by atoms with E-state index in [-0.39, 0.29) is 12.5 Å². The van der Waals surface area contributed by atoms with Gasteiger partial charge < -0.3 is 14.6 Å². The summed E-state index contributed by atoms with van der Waals surface area (Å²) in [5.74, 6) is 0.0675. The van der Waals surface area contributed by atoms with Crippen molar-refractivity contribution in [2.24, 2.45) is 23.7 Å². The number of carboxylic acids is 1. The van der Waals surface area contributed by atoms with E-state index in [2.05, 4.69) is 13.8 Å². The van der Waals surface area contributed by atoms with Crippen LogP contribution in [0.5, 0.6) is 0 Å². The van der Waals surface area contributed by atoms with Crippen LogP contribution in [0.4, 0.5) is 0 Å². The lowest BCUT2D eigenvalue weighted by Crippen LogP contribution is -2.70. The molecule has 142 valence electrons. The summed E-state index contributed by atoms with van der Waals surface area (Å²) >= 11 is 0. The number of rotatable bonds is 4. The average molecular weight is 354 g/mol. The molecule has 1 aliphatic carbocycles. The molecule has 6 nitrogen and oxygen atoms in total. The summed E-state index contributed by atoms with van der Waals surface area (Å²) in [6, 6.07) is 0. The third-order valence-corrected chi connectivity index (χ3v) is 7.17. The molecular weight excluding hydrogens is 324 g/mol. The van der Waals surface area contributed by atoms with Crippen molar-refractivity contribution in [1.82, 2.24) is 0 Å². The predicted octanol–water partition coefficient (Wildman–Crippen LogP) is 3.49. The van der Waals surface area contributed by atoms with Gasteiger partial charge in [0.15, 0.2) is 11.9 Å². The number of aliphatic carboxylic acids is 1. The van der Waals surface area contributed by atoms with Gasteiger partial charge in [-0.1, -0.05) is 13.8 Å². The summed E-state index contributed by atoms with van der Waals surface area (Å²) in [7, 11) is 0. The van der Waals surface area contributed by atoms with Crippen LogP contribution in [0.15, 0.2) is 0 Å². The van der Waals surface area contributed by atoms with E-state index in [4.69, 9.17) is 24.4 Å². The number of carboxylic acid groups (broad SMARTS) is 1. The molecule has 0 aromatic carbocycles. The van der Waals surface area contributed by atoms with Gasteiger partial charge >= 0.3 is 5.97 Å². The first-order chi connectivity index (χ1) is 11.9. The highest BCUT2D eigenvalue weighted by molar-refractivity contribution is 5.66. The van der Waals surface area contributed by atoms with Gasteiger partial charge in [0.05, 0.1) is 6.10 Å². The maximum absolute atomic E-state index is 10.8. The number of ether oxygens (including phenoxy) is 2. The Kier molecular flexibility index (Phi) is 4.38. The Hall–Kier alpha value is -0.690. The molecule has 5 aliphatic rings. The van der Waals surface area contributed by atoms with Crippen molar-refractivity contribution >= 4 is 5.97 Å². The summed E-state index contributed by atoms with van der Waals surface area (Å²) in [5, 5.41) is 8.92. The van der Waals surface area contributed by atoms with Crippen molar-refractivity contribution in [1.29, 1.82) is 0 Å². The molecule has 0 unspecified atom stereocenters. The fourth-order valence-corrected chi connectivity index (χ4v) is 5.76. The number of fused-ring (bicyclic) bond motifs is 2. The molecular formula is C19H30O6. The van der Waals surface area contributed by atoms with Gasteiger partial charge in [0, 0.05) is 18.8 Å². The summed E-state index contributed by atoms with van der Waals surface area (Å²) in [6.07, 6.45) is 5.28. The zero-order valence-corrected chi connectivity index (χ0v) is 15.4. The van der Waals surface area contributed by atoms with Gasteiger partial charge in [-0.2, -0.15) is 0 Å². The number of hydrogen-bond donors (Lipinski definition) is 1. The lowest BCUT2D eigenvalue weighted by Gasteiger charge is -2.60. The van der Waals surface area contributed by atoms with Crippen LogP contribution in [0.1, 0.15) is 65.7 Å². The van der Waals surface area contributed by atoms with Crippen molar-refractivity contribution in [3.05, 3.63) is 0 Å². The summed E-state index contributed by atoms with van der Waals surface area (Å²) < 4.78 is 12.7. The fourth-order valence-electron chi connectivity index (χ4n) is 5.76. The van der Waals surface area contributed by atoms with Gasteiger partial charge in [-0.25, -0.2) is 9.78 Å². The van der Waals surface area contributed by atoms with Crippen LogP contribution in [0, 0.1) is 23.7 Å². The highest BCUT2D eigenvalue weighted by atomic mass is 17.3. The summed E-state index contributed by atoms with van der Waals surface area (Å²) in [4.78, 5) is 22.7. The van der Waals surface area contributed by atoms with Crippen LogP contribution >= 0.6 is 0 Å². The van der Waals surface area contributed by atoms with Crippen molar-refractivity contribution in [2.45, 2.75) is 89.5 Å². The minimum Gasteiger partial charge on any atom is -0.481 e. The van der Waals surface area contributed by atoms with Crippen LogP contribution < -0.4 is 0 Å². The molecule has 0 radical (unpaired) electrons. The molecule has 4 saturated heterocycles. The van der Waals surface area contributed by atoms with Crippen LogP contribution in [-0.2, 0) is 24.0 Å². The Balaban J connectivity index is 1.62. The van der Waals surface area contributed by atoms with Crippen molar-refractivity contribution in [2.75, 3.05) is 0 Å². The molecule has 8 atom stereocenters. The molecule has 0 aromatic rings. The second kappa shape index (κ2) is 6.19. The minimum atomic E-state index is -0.750. The Morgan fingerprint density at radius 3 is 2.72 bits per heavy atom. The normalized spacial score (nSPS) is 51.6. The van der Waals surface area contributed by atoms with Crippen molar-refractivity contribution in [3.8, 4) is 0 Å². The van der Waals surface area contributed by atoms with Crippen LogP contribution in [-0.4, -0.2) is 34.9 Å². The predicted molar refractivity (Wildman–Crippen MR) is 88.3 cm³/mol. The van der Waals surface area contributed by atoms with E-state index < -0.39 is 23.6 Å². The standard InChI is InChI=1S/C19H30O6/c1-11-7-8-14-12(2)15(5-4-6-16(20)21)22-17-19(14)13(11)9-10-18(3,23-17)24-25-19/h11-15,17H,4-10H2,1-3H3,(H,20,21)/t11-,12-,13+,14+,15-,17-,18+,19-/m1/s1. The zero-order chi connectivity index (χ0) is 17.8. The van der Waals surface area contributed by atoms with Gasteiger partial charge in [-0.05, 0) is 56.8 Å². The summed E-state index contributed by atoms with van der Waals surface area (Å²) in [6.45, 7) is 6.45. The first-order valence-corrected chi connectivity index (χ1v) is 9.77. The topological polar surface area (TPSA) is 74.2 Å². The third-order valence-electron chi connectivity index (χ3n) is 7.17. The molecule has 4 heterocycles. The highest BCUT2D eigenvalue weighted by Crippen LogP contribution is 2.60. The molecule has 0 amide bonds. The van der Waals surface area contributed by atoms with Gasteiger partial charge in [0.2, 0.25) is 5.79 Å². The molecule has 6 heteroatoms. The van der Waals surface area contributed by atoms with E-state index in [1.807, 2.05) is 6.92 Å². The molecule has 1 saturated carbocycles. The van der Waals surface area contributed by atoms with E-state index in [0.717, 1.165) is 25.7 Å². The Morgan fingerprint density at radius 2 is 1.96 bits per heavy atom. The third kappa shape index (κ3) is 2.73. The molecule has 2 bridgehead atoms. The van der Waals surface area contributed by atoms with E-state index in [1.165, 1.54) is 6.42 Å². The van der Waals surface area contributed by atoms with Gasteiger partial charge in [0.25, 0.3) is 0 Å². The molecule has 5 fully saturated rings. The Bertz CT molecular complexity index is 538. The first kappa shape index (κ1) is 17.7. The lowest BCUT2D eigenvalue weighted by molar-refractivity contribution is -0.571. The van der Waals surface area contributed by atoms with E-state index in [9.17, 15) is 4.79 Å². The smallest absolute Gasteiger partial charge is 0.303 e. The quantitative estimate of drug-likeness (QED) is 0.779. The number of hydrogen-bond acceptors (Lipinski definition) is 5. The molecule has 1 N–H and O–H groups in total. The molecule has 5 rings (SSSR count). The maximum atomic E-state index is 10.8. The molecule has 1 spiro atoms. The Labute approximate surface area is 149 Å². The molecule has 25 heavy (non-hydrogen) atoms. The van der Waals surface area contributed by atoms with Crippen LogP contribution in [0.25, 0.3) is 0 Å². The highest BCUT2D eigenvalue weighted by Gasteiger charge is 2.69. The van der Waals surface area contributed by atoms with Crippen molar-refractivity contribution in [3.63, 3.8) is 0 Å². The minimum absolute atomic E-state index is 0.0144. The van der Waals surface area contributed by atoms with E-state index in [0.29, 0.717) is 30.1 Å². The molecule has 0 aromatic heterocycles. The van der Waals surface area contributed by atoms with Gasteiger partial charge in [0.1, 0.15) is 0 Å². The zero-order valence-electron chi connectivity index (χ0n) is 15.4. The van der Waals surface area contributed by atoms with E-state index in [1.54, 1.807) is 0 Å². The molecule has 4 aliphatic heterocycles. The fraction of sp³-hybridized carbons (Fsp3) is 0.947. The summed E-state index contributed by atoms with van der Waals surface area (Å²) in [5.41, 5.74) is -0.517. The second-order valence-corrected chi connectivity index (χ2v) is 8.73. The lowest BCUT2D eigenvalue weighted by atomic mass is 9.57. The van der Waals surface area contributed by atoms with Gasteiger partial charge in [-0.15, -0.1) is 0 Å². The number of carbonyl (C=O) groups is 1. The maximum Gasteiger partial charge on any atom is 0.303 e. The second-order valence-electron chi connectivity index (χ2n) is 8.73. The average Bonchev–Trinajstić information content (AvgIpc) is 2.78. The first-order valence-electron chi connectivity index (χ1n) is 9.77. The van der Waals surface area contributed by atoms with Crippen molar-refractivity contribution < 1.29 is 29.1 Å². The van der Waals surface area contributed by atoms with E-state index >= 15 is 0 Å².